The lowest BCUT2D eigenvalue weighted by Gasteiger charge is -2.09. The van der Waals surface area contributed by atoms with Gasteiger partial charge in [-0.05, 0) is 48.6 Å². The number of halogens is 2. The summed E-state index contributed by atoms with van der Waals surface area (Å²) in [5, 5.41) is 0.875. The highest BCUT2D eigenvalue weighted by Crippen LogP contribution is 2.38. The molecule has 0 spiro atoms. The van der Waals surface area contributed by atoms with E-state index < -0.39 is 0 Å². The molecule has 0 aromatic heterocycles. The van der Waals surface area contributed by atoms with E-state index in [1.807, 2.05) is 6.07 Å². The highest BCUT2D eigenvalue weighted by Gasteiger charge is 2.23. The first-order valence-electron chi connectivity index (χ1n) is 4.40. The van der Waals surface area contributed by atoms with Crippen LogP contribution in [0.4, 0.5) is 0 Å². The van der Waals surface area contributed by atoms with Gasteiger partial charge in [0.1, 0.15) is 0 Å². The molecule has 0 heterocycles. The van der Waals surface area contributed by atoms with Crippen molar-refractivity contribution in [2.75, 3.05) is 6.54 Å². The van der Waals surface area contributed by atoms with Crippen molar-refractivity contribution in [3.63, 3.8) is 0 Å². The summed E-state index contributed by atoms with van der Waals surface area (Å²) in [5.74, 6) is 0.505. The van der Waals surface area contributed by atoms with Crippen LogP contribution >= 0.6 is 27.5 Å². The lowest BCUT2D eigenvalue weighted by Crippen LogP contribution is -2.09. The molecule has 2 N–H and O–H groups in total. The normalized spacial score (nSPS) is 20.4. The highest BCUT2D eigenvalue weighted by atomic mass is 79.9. The molecule has 1 aliphatic carbocycles. The van der Waals surface area contributed by atoms with Gasteiger partial charge < -0.3 is 5.73 Å². The largest absolute Gasteiger partial charge is 0.330 e. The summed E-state index contributed by atoms with van der Waals surface area (Å²) >= 11 is 9.57. The third-order valence-electron chi connectivity index (χ3n) is 2.66. The molecule has 0 aliphatic heterocycles. The van der Waals surface area contributed by atoms with Crippen molar-refractivity contribution in [2.45, 2.75) is 18.8 Å². The molecule has 13 heavy (non-hydrogen) atoms. The Bertz CT molecular complexity index is 338. The second kappa shape index (κ2) is 3.60. The van der Waals surface area contributed by atoms with Gasteiger partial charge >= 0.3 is 0 Å². The van der Waals surface area contributed by atoms with E-state index in [0.717, 1.165) is 28.9 Å². The van der Waals surface area contributed by atoms with Crippen LogP contribution in [0.2, 0.25) is 5.02 Å². The Kier molecular flexibility index (Phi) is 2.63. The maximum atomic E-state index is 6.13. The Hall–Kier alpha value is -0.0500. The molecular formula is C10H11BrClN. The fourth-order valence-corrected chi connectivity index (χ4v) is 2.90. The van der Waals surface area contributed by atoms with Crippen molar-refractivity contribution in [2.24, 2.45) is 5.73 Å². The molecule has 0 saturated carbocycles. The molecule has 0 saturated heterocycles. The molecule has 0 bridgehead atoms. The van der Waals surface area contributed by atoms with Gasteiger partial charge in [-0.1, -0.05) is 27.5 Å². The molecule has 1 aliphatic rings. The van der Waals surface area contributed by atoms with Gasteiger partial charge in [-0.15, -0.1) is 0 Å². The van der Waals surface area contributed by atoms with Crippen LogP contribution in [0.5, 0.6) is 0 Å². The number of nitrogens with two attached hydrogens (primary N) is 1. The summed E-state index contributed by atoms with van der Waals surface area (Å²) in [4.78, 5) is 0. The number of hydrogen-bond acceptors (Lipinski definition) is 1. The summed E-state index contributed by atoms with van der Waals surface area (Å²) in [7, 11) is 0. The van der Waals surface area contributed by atoms with Gasteiger partial charge in [-0.25, -0.2) is 0 Å². The summed E-state index contributed by atoms with van der Waals surface area (Å²) in [6.07, 6.45) is 2.21. The minimum atomic E-state index is 0.505. The molecule has 1 aromatic rings. The average molecular weight is 261 g/mol. The van der Waals surface area contributed by atoms with Crippen LogP contribution < -0.4 is 5.73 Å². The van der Waals surface area contributed by atoms with Gasteiger partial charge in [-0.2, -0.15) is 0 Å². The Morgan fingerprint density at radius 3 is 3.00 bits per heavy atom. The first kappa shape index (κ1) is 9.50. The van der Waals surface area contributed by atoms with Crippen LogP contribution in [0, 0.1) is 0 Å². The summed E-state index contributed by atoms with van der Waals surface area (Å²) in [6.45, 7) is 0.722. The number of rotatable bonds is 1. The maximum absolute atomic E-state index is 6.13. The summed E-state index contributed by atoms with van der Waals surface area (Å²) < 4.78 is 1.05. The lowest BCUT2D eigenvalue weighted by molar-refractivity contribution is 0.688. The van der Waals surface area contributed by atoms with Gasteiger partial charge in [0.25, 0.3) is 0 Å². The van der Waals surface area contributed by atoms with Crippen LogP contribution in [0.1, 0.15) is 23.5 Å². The van der Waals surface area contributed by atoms with Gasteiger partial charge in [0, 0.05) is 9.50 Å². The quantitative estimate of drug-likeness (QED) is 0.825. The van der Waals surface area contributed by atoms with Crippen molar-refractivity contribution in [3.05, 3.63) is 32.8 Å². The highest BCUT2D eigenvalue weighted by molar-refractivity contribution is 9.10. The molecule has 0 radical (unpaired) electrons. The SMILES string of the molecule is NCC1CCc2c(Cl)cc(Br)cc21. The number of benzene rings is 1. The standard InChI is InChI=1S/C10H11BrClN/c11-7-3-9-6(5-13)1-2-8(9)10(12)4-7/h3-4,6H,1-2,5,13H2. The Morgan fingerprint density at radius 2 is 2.31 bits per heavy atom. The van der Waals surface area contributed by atoms with Crippen LogP contribution in [-0.4, -0.2) is 6.54 Å². The van der Waals surface area contributed by atoms with E-state index in [4.69, 9.17) is 17.3 Å². The smallest absolute Gasteiger partial charge is 0.0452 e. The summed E-state index contributed by atoms with van der Waals surface area (Å²) in [5.41, 5.74) is 8.32. The Morgan fingerprint density at radius 1 is 1.54 bits per heavy atom. The zero-order valence-corrected chi connectivity index (χ0v) is 9.53. The van der Waals surface area contributed by atoms with Gasteiger partial charge in [0.15, 0.2) is 0 Å². The third kappa shape index (κ3) is 1.63. The van der Waals surface area contributed by atoms with Crippen LogP contribution in [0.3, 0.4) is 0 Å². The fourth-order valence-electron chi connectivity index (χ4n) is 1.97. The molecule has 1 aromatic carbocycles. The van der Waals surface area contributed by atoms with Crippen molar-refractivity contribution in [1.29, 1.82) is 0 Å². The molecule has 70 valence electrons. The third-order valence-corrected chi connectivity index (χ3v) is 3.46. The van der Waals surface area contributed by atoms with Crippen molar-refractivity contribution >= 4 is 27.5 Å². The van der Waals surface area contributed by atoms with E-state index in [0.29, 0.717) is 5.92 Å². The van der Waals surface area contributed by atoms with Gasteiger partial charge in [-0.3, -0.25) is 0 Å². The van der Waals surface area contributed by atoms with Crippen molar-refractivity contribution in [1.82, 2.24) is 0 Å². The predicted octanol–water partition coefficient (Wildman–Crippen LogP) is 3.09. The van der Waals surface area contributed by atoms with Crippen LogP contribution in [0.25, 0.3) is 0 Å². The Labute approximate surface area is 91.4 Å². The first-order chi connectivity index (χ1) is 6.22. The average Bonchev–Trinajstić information content (AvgIpc) is 2.47. The molecule has 0 amide bonds. The molecule has 3 heteroatoms. The van der Waals surface area contributed by atoms with Gasteiger partial charge in [0.2, 0.25) is 0 Å². The van der Waals surface area contributed by atoms with Crippen LogP contribution in [-0.2, 0) is 6.42 Å². The van der Waals surface area contributed by atoms with E-state index in [9.17, 15) is 0 Å². The lowest BCUT2D eigenvalue weighted by atomic mass is 10.0. The second-order valence-electron chi connectivity index (χ2n) is 3.43. The van der Waals surface area contributed by atoms with E-state index in [1.54, 1.807) is 0 Å². The number of hydrogen-bond donors (Lipinski definition) is 1. The van der Waals surface area contributed by atoms with E-state index in [2.05, 4.69) is 22.0 Å². The molecule has 1 unspecified atom stereocenters. The first-order valence-corrected chi connectivity index (χ1v) is 5.57. The molecule has 0 fully saturated rings. The fraction of sp³-hybridized carbons (Fsp3) is 0.400. The van der Waals surface area contributed by atoms with Crippen molar-refractivity contribution < 1.29 is 0 Å². The second-order valence-corrected chi connectivity index (χ2v) is 4.75. The minimum Gasteiger partial charge on any atom is -0.330 e. The zero-order valence-electron chi connectivity index (χ0n) is 7.19. The molecule has 1 nitrogen and oxygen atoms in total. The van der Waals surface area contributed by atoms with Crippen molar-refractivity contribution in [3.8, 4) is 0 Å². The predicted molar refractivity (Wildman–Crippen MR) is 59.3 cm³/mol. The molecular weight excluding hydrogens is 249 g/mol. The van der Waals surface area contributed by atoms with Gasteiger partial charge in [0.05, 0.1) is 0 Å². The van der Waals surface area contributed by atoms with E-state index >= 15 is 0 Å². The number of fused-ring (bicyclic) bond motifs is 1. The van der Waals surface area contributed by atoms with E-state index in [1.165, 1.54) is 11.1 Å². The van der Waals surface area contributed by atoms with Crippen LogP contribution in [0.15, 0.2) is 16.6 Å². The topological polar surface area (TPSA) is 26.0 Å². The molecule has 2 rings (SSSR count). The van der Waals surface area contributed by atoms with E-state index in [-0.39, 0.29) is 0 Å². The zero-order chi connectivity index (χ0) is 9.42. The monoisotopic (exact) mass is 259 g/mol. The molecule has 1 atom stereocenters. The minimum absolute atomic E-state index is 0.505. The summed E-state index contributed by atoms with van der Waals surface area (Å²) in [6, 6.07) is 4.10. The Balaban J connectivity index is 2.51. The maximum Gasteiger partial charge on any atom is 0.0452 e.